The van der Waals surface area contributed by atoms with Gasteiger partial charge < -0.3 is 9.67 Å². The van der Waals surface area contributed by atoms with Crippen molar-refractivity contribution in [2.75, 3.05) is 0 Å². The van der Waals surface area contributed by atoms with Crippen LogP contribution in [0.2, 0.25) is 0 Å². The maximum Gasteiger partial charge on any atom is 0.0702 e. The van der Waals surface area contributed by atoms with E-state index in [1.165, 1.54) is 4.88 Å². The van der Waals surface area contributed by atoms with E-state index < -0.39 is 0 Å². The molecular weight excluding hydrogens is 262 g/mol. The van der Waals surface area contributed by atoms with Gasteiger partial charge in [-0.1, -0.05) is 0 Å². The van der Waals surface area contributed by atoms with Gasteiger partial charge in [-0.3, -0.25) is 0 Å². The highest BCUT2D eigenvalue weighted by Gasteiger charge is 1.99. The number of halogens is 1. The molecule has 0 atom stereocenters. The molecule has 0 amide bonds. The van der Waals surface area contributed by atoms with E-state index in [2.05, 4.69) is 32.6 Å². The molecule has 0 fully saturated rings. The molecule has 0 radical (unpaired) electrons. The van der Waals surface area contributed by atoms with Crippen molar-refractivity contribution in [2.24, 2.45) is 0 Å². The van der Waals surface area contributed by atoms with Crippen molar-refractivity contribution in [3.63, 3.8) is 0 Å². The van der Waals surface area contributed by atoms with Gasteiger partial charge in [0.25, 0.3) is 0 Å². The average Bonchev–Trinajstić information content (AvgIpc) is 2.76. The molecule has 74 valence electrons. The molecule has 0 unspecified atom stereocenters. The van der Waals surface area contributed by atoms with E-state index in [-0.39, 0.29) is 6.61 Å². The van der Waals surface area contributed by atoms with Crippen LogP contribution in [0, 0.1) is 0 Å². The fourth-order valence-electron chi connectivity index (χ4n) is 1.30. The monoisotopic (exact) mass is 271 g/mol. The third kappa shape index (κ3) is 2.26. The number of thiophene rings is 1. The van der Waals surface area contributed by atoms with Gasteiger partial charge in [-0.05, 0) is 39.7 Å². The van der Waals surface area contributed by atoms with Gasteiger partial charge in [0.2, 0.25) is 0 Å². The predicted molar refractivity (Wildman–Crippen MR) is 61.5 cm³/mol. The van der Waals surface area contributed by atoms with E-state index >= 15 is 0 Å². The van der Waals surface area contributed by atoms with Crippen LogP contribution in [0.3, 0.4) is 0 Å². The number of aliphatic hydroxyl groups is 1. The third-order valence-electron chi connectivity index (χ3n) is 1.96. The zero-order valence-electron chi connectivity index (χ0n) is 7.48. The number of nitrogens with zero attached hydrogens (tertiary/aromatic N) is 1. The summed E-state index contributed by atoms with van der Waals surface area (Å²) in [6, 6.07) is 6.09. The molecule has 2 heterocycles. The Labute approximate surface area is 94.9 Å². The predicted octanol–water partition coefficient (Wildman–Crippen LogP) is 2.85. The van der Waals surface area contributed by atoms with Gasteiger partial charge in [0.15, 0.2) is 0 Å². The highest BCUT2D eigenvalue weighted by Crippen LogP contribution is 2.22. The minimum Gasteiger partial charge on any atom is -0.392 e. The molecule has 0 aliphatic rings. The lowest BCUT2D eigenvalue weighted by molar-refractivity contribution is 0.282. The molecule has 0 aromatic carbocycles. The SMILES string of the molecule is OCc1ccn(Cc2ccc(Br)s2)c1. The molecule has 0 saturated carbocycles. The molecule has 14 heavy (non-hydrogen) atoms. The third-order valence-corrected chi connectivity index (χ3v) is 3.57. The molecular formula is C10H10BrNOS. The Bertz CT molecular complexity index is 421. The molecule has 2 aromatic heterocycles. The molecule has 2 rings (SSSR count). The Hall–Kier alpha value is -0.580. The smallest absolute Gasteiger partial charge is 0.0702 e. The van der Waals surface area contributed by atoms with Crippen molar-refractivity contribution < 1.29 is 5.11 Å². The van der Waals surface area contributed by atoms with Crippen LogP contribution in [0.4, 0.5) is 0 Å². The first-order chi connectivity index (χ1) is 6.78. The number of aliphatic hydroxyl groups excluding tert-OH is 1. The van der Waals surface area contributed by atoms with E-state index in [0.29, 0.717) is 0 Å². The lowest BCUT2D eigenvalue weighted by Gasteiger charge is -1.98. The molecule has 1 N–H and O–H groups in total. The molecule has 4 heteroatoms. The van der Waals surface area contributed by atoms with Crippen LogP contribution in [-0.4, -0.2) is 9.67 Å². The van der Waals surface area contributed by atoms with Gasteiger partial charge in [-0.2, -0.15) is 0 Å². The first-order valence-corrected chi connectivity index (χ1v) is 5.88. The van der Waals surface area contributed by atoms with Gasteiger partial charge in [-0.15, -0.1) is 11.3 Å². The average molecular weight is 272 g/mol. The lowest BCUT2D eigenvalue weighted by Crippen LogP contribution is -1.93. The van der Waals surface area contributed by atoms with Gasteiger partial charge in [0, 0.05) is 17.3 Å². The number of hydrogen-bond acceptors (Lipinski definition) is 2. The largest absolute Gasteiger partial charge is 0.392 e. The molecule has 2 aromatic rings. The van der Waals surface area contributed by atoms with E-state index in [1.807, 2.05) is 18.5 Å². The quantitative estimate of drug-likeness (QED) is 0.913. The first-order valence-electron chi connectivity index (χ1n) is 4.27. The van der Waals surface area contributed by atoms with Crippen molar-refractivity contribution in [1.82, 2.24) is 4.57 Å². The van der Waals surface area contributed by atoms with Crippen LogP contribution in [0.1, 0.15) is 10.4 Å². The Morgan fingerprint density at radius 2 is 2.21 bits per heavy atom. The Kier molecular flexibility index (Phi) is 3.05. The summed E-state index contributed by atoms with van der Waals surface area (Å²) in [5, 5.41) is 8.90. The van der Waals surface area contributed by atoms with Crippen molar-refractivity contribution in [3.8, 4) is 0 Å². The topological polar surface area (TPSA) is 25.2 Å². The number of hydrogen-bond donors (Lipinski definition) is 1. The van der Waals surface area contributed by atoms with Crippen molar-refractivity contribution in [2.45, 2.75) is 13.2 Å². The summed E-state index contributed by atoms with van der Waals surface area (Å²) >= 11 is 5.17. The van der Waals surface area contributed by atoms with Gasteiger partial charge in [0.05, 0.1) is 16.9 Å². The van der Waals surface area contributed by atoms with Crippen molar-refractivity contribution >= 4 is 27.3 Å². The second-order valence-electron chi connectivity index (χ2n) is 3.06. The van der Waals surface area contributed by atoms with Crippen LogP contribution in [-0.2, 0) is 13.2 Å². The normalized spacial score (nSPS) is 10.7. The summed E-state index contributed by atoms with van der Waals surface area (Å²) < 4.78 is 3.23. The Morgan fingerprint density at radius 1 is 1.36 bits per heavy atom. The zero-order valence-corrected chi connectivity index (χ0v) is 9.88. The summed E-state index contributed by atoms with van der Waals surface area (Å²) in [6.07, 6.45) is 3.95. The second-order valence-corrected chi connectivity index (χ2v) is 5.60. The first kappa shape index (κ1) is 9.96. The van der Waals surface area contributed by atoms with Gasteiger partial charge in [0.1, 0.15) is 0 Å². The fraction of sp³-hybridized carbons (Fsp3) is 0.200. The summed E-state index contributed by atoms with van der Waals surface area (Å²) in [5.41, 5.74) is 0.959. The van der Waals surface area contributed by atoms with Crippen LogP contribution >= 0.6 is 27.3 Å². The van der Waals surface area contributed by atoms with E-state index in [4.69, 9.17) is 5.11 Å². The number of rotatable bonds is 3. The maximum atomic E-state index is 8.90. The fourth-order valence-corrected chi connectivity index (χ4v) is 2.79. The highest BCUT2D eigenvalue weighted by atomic mass is 79.9. The van der Waals surface area contributed by atoms with Crippen LogP contribution in [0.5, 0.6) is 0 Å². The second kappa shape index (κ2) is 4.29. The van der Waals surface area contributed by atoms with Gasteiger partial charge >= 0.3 is 0 Å². The van der Waals surface area contributed by atoms with Crippen LogP contribution < -0.4 is 0 Å². The molecule has 0 bridgehead atoms. The summed E-state index contributed by atoms with van der Waals surface area (Å²) in [5.74, 6) is 0. The van der Waals surface area contributed by atoms with E-state index in [1.54, 1.807) is 11.3 Å². The molecule has 0 aliphatic carbocycles. The summed E-state index contributed by atoms with van der Waals surface area (Å²) in [7, 11) is 0. The summed E-state index contributed by atoms with van der Waals surface area (Å²) in [4.78, 5) is 1.30. The minimum absolute atomic E-state index is 0.112. The number of aromatic nitrogens is 1. The summed E-state index contributed by atoms with van der Waals surface area (Å²) in [6.45, 7) is 0.984. The van der Waals surface area contributed by atoms with Gasteiger partial charge in [-0.25, -0.2) is 0 Å². The van der Waals surface area contributed by atoms with Crippen LogP contribution in [0.15, 0.2) is 34.4 Å². The lowest BCUT2D eigenvalue weighted by atomic mass is 10.4. The standard InChI is InChI=1S/C10H10BrNOS/c11-10-2-1-9(14-10)6-12-4-3-8(5-12)7-13/h1-5,13H,6-7H2. The maximum absolute atomic E-state index is 8.90. The molecule has 0 saturated heterocycles. The van der Waals surface area contributed by atoms with Crippen molar-refractivity contribution in [1.29, 1.82) is 0 Å². The molecule has 2 nitrogen and oxygen atoms in total. The highest BCUT2D eigenvalue weighted by molar-refractivity contribution is 9.11. The van der Waals surface area contributed by atoms with E-state index in [0.717, 1.165) is 15.9 Å². The van der Waals surface area contributed by atoms with Crippen LogP contribution in [0.25, 0.3) is 0 Å². The van der Waals surface area contributed by atoms with E-state index in [9.17, 15) is 0 Å². The zero-order chi connectivity index (χ0) is 9.97. The van der Waals surface area contributed by atoms with Crippen molar-refractivity contribution in [3.05, 3.63) is 44.8 Å². The minimum atomic E-state index is 0.112. The Balaban J connectivity index is 2.10. The Morgan fingerprint density at radius 3 is 2.79 bits per heavy atom. The molecule has 0 spiro atoms. The molecule has 0 aliphatic heterocycles.